The standard InChI is InChI=1S/C23H28O3/c1-14(10-15-11-19(24)21(26)20(25)12-15)16-6-7-17-18(13-16)23(4,5)9-8-22(17,2)3/h6-7,10-13,24-26H,8-9H2,1-5H3/b14-10+. The van der Waals surface area contributed by atoms with E-state index in [0.29, 0.717) is 5.56 Å². The normalized spacial score (nSPS) is 18.4. The van der Waals surface area contributed by atoms with Crippen LogP contribution < -0.4 is 0 Å². The smallest absolute Gasteiger partial charge is 0.200 e. The first kappa shape index (κ1) is 18.4. The molecule has 0 aliphatic heterocycles. The SMILES string of the molecule is C/C(=C\c1cc(O)c(O)c(O)c1)c1ccc2c(c1)C(C)(C)CCC2(C)C. The van der Waals surface area contributed by atoms with Crippen LogP contribution in [0.4, 0.5) is 0 Å². The van der Waals surface area contributed by atoms with Gasteiger partial charge in [-0.05, 0) is 70.6 Å². The summed E-state index contributed by atoms with van der Waals surface area (Å²) < 4.78 is 0. The van der Waals surface area contributed by atoms with Gasteiger partial charge < -0.3 is 15.3 Å². The molecule has 0 saturated carbocycles. The number of fused-ring (bicyclic) bond motifs is 1. The molecule has 3 N–H and O–H groups in total. The van der Waals surface area contributed by atoms with Crippen LogP contribution in [-0.2, 0) is 10.8 Å². The second kappa shape index (κ2) is 6.08. The summed E-state index contributed by atoms with van der Waals surface area (Å²) in [7, 11) is 0. The lowest BCUT2D eigenvalue weighted by molar-refractivity contribution is 0.332. The first-order valence-electron chi connectivity index (χ1n) is 9.10. The van der Waals surface area contributed by atoms with E-state index in [1.807, 2.05) is 13.0 Å². The Kier molecular flexibility index (Phi) is 4.30. The van der Waals surface area contributed by atoms with Crippen molar-refractivity contribution in [2.24, 2.45) is 0 Å². The van der Waals surface area contributed by atoms with E-state index in [1.54, 1.807) is 0 Å². The zero-order valence-corrected chi connectivity index (χ0v) is 16.2. The Morgan fingerprint density at radius 1 is 0.846 bits per heavy atom. The summed E-state index contributed by atoms with van der Waals surface area (Å²) in [5, 5.41) is 28.9. The summed E-state index contributed by atoms with van der Waals surface area (Å²) in [5.74, 6) is -1.13. The van der Waals surface area contributed by atoms with Crippen LogP contribution >= 0.6 is 0 Å². The van der Waals surface area contributed by atoms with Gasteiger partial charge in [0.15, 0.2) is 17.2 Å². The minimum atomic E-state index is -0.488. The number of aromatic hydroxyl groups is 3. The highest BCUT2D eigenvalue weighted by Crippen LogP contribution is 2.46. The largest absolute Gasteiger partial charge is 0.504 e. The van der Waals surface area contributed by atoms with Crippen molar-refractivity contribution in [3.05, 3.63) is 52.6 Å². The second-order valence-corrected chi connectivity index (χ2v) is 8.76. The third-order valence-corrected chi connectivity index (χ3v) is 5.78. The Labute approximate surface area is 155 Å². The van der Waals surface area contributed by atoms with E-state index < -0.39 is 5.75 Å². The molecule has 0 saturated heterocycles. The van der Waals surface area contributed by atoms with Crippen molar-refractivity contribution in [1.82, 2.24) is 0 Å². The Morgan fingerprint density at radius 2 is 1.38 bits per heavy atom. The maximum Gasteiger partial charge on any atom is 0.200 e. The molecule has 2 aromatic rings. The van der Waals surface area contributed by atoms with Gasteiger partial charge >= 0.3 is 0 Å². The van der Waals surface area contributed by atoms with Crippen molar-refractivity contribution in [2.75, 3.05) is 0 Å². The predicted molar refractivity (Wildman–Crippen MR) is 107 cm³/mol. The van der Waals surface area contributed by atoms with Crippen LogP contribution in [0.2, 0.25) is 0 Å². The van der Waals surface area contributed by atoms with Crippen LogP contribution in [0.1, 0.15) is 69.7 Å². The molecule has 0 heterocycles. The number of phenolic OH excluding ortho intramolecular Hbond substituents is 3. The van der Waals surface area contributed by atoms with Gasteiger partial charge in [0.1, 0.15) is 0 Å². The maximum atomic E-state index is 9.71. The van der Waals surface area contributed by atoms with Crippen molar-refractivity contribution in [3.63, 3.8) is 0 Å². The van der Waals surface area contributed by atoms with Crippen LogP contribution in [0.25, 0.3) is 11.6 Å². The monoisotopic (exact) mass is 352 g/mol. The fourth-order valence-electron chi connectivity index (χ4n) is 3.88. The molecule has 3 nitrogen and oxygen atoms in total. The van der Waals surface area contributed by atoms with Gasteiger partial charge in [0.05, 0.1) is 0 Å². The van der Waals surface area contributed by atoms with Gasteiger partial charge in [-0.3, -0.25) is 0 Å². The number of allylic oxidation sites excluding steroid dienone is 1. The van der Waals surface area contributed by atoms with E-state index in [2.05, 4.69) is 45.9 Å². The maximum absolute atomic E-state index is 9.71. The lowest BCUT2D eigenvalue weighted by Gasteiger charge is -2.42. The highest BCUT2D eigenvalue weighted by Gasteiger charge is 2.36. The molecule has 138 valence electrons. The number of hydrogen-bond donors (Lipinski definition) is 3. The average molecular weight is 352 g/mol. The van der Waals surface area contributed by atoms with Gasteiger partial charge in [0.25, 0.3) is 0 Å². The fraction of sp³-hybridized carbons (Fsp3) is 0.391. The summed E-state index contributed by atoms with van der Waals surface area (Å²) in [5.41, 5.74) is 5.97. The molecule has 0 aromatic heterocycles. The predicted octanol–water partition coefficient (Wildman–Crippen LogP) is 5.71. The summed E-state index contributed by atoms with van der Waals surface area (Å²) >= 11 is 0. The molecule has 2 aromatic carbocycles. The molecule has 0 amide bonds. The number of phenols is 3. The topological polar surface area (TPSA) is 60.7 Å². The molecule has 0 spiro atoms. The molecule has 26 heavy (non-hydrogen) atoms. The average Bonchev–Trinajstić information content (AvgIpc) is 2.56. The molecule has 3 rings (SSSR count). The lowest BCUT2D eigenvalue weighted by atomic mass is 9.63. The number of hydrogen-bond acceptors (Lipinski definition) is 3. The first-order valence-corrected chi connectivity index (χ1v) is 9.10. The summed E-state index contributed by atoms with van der Waals surface area (Å²) in [6.07, 6.45) is 4.26. The van der Waals surface area contributed by atoms with Crippen LogP contribution in [0.5, 0.6) is 17.2 Å². The zero-order chi connectivity index (χ0) is 19.3. The van der Waals surface area contributed by atoms with E-state index in [9.17, 15) is 15.3 Å². The van der Waals surface area contributed by atoms with Gasteiger partial charge in [-0.15, -0.1) is 0 Å². The first-order chi connectivity index (χ1) is 12.0. The molecule has 1 aliphatic carbocycles. The highest BCUT2D eigenvalue weighted by atomic mass is 16.3. The van der Waals surface area contributed by atoms with Crippen LogP contribution in [0, 0.1) is 0 Å². The Hall–Kier alpha value is -2.42. The molecular formula is C23H28O3. The van der Waals surface area contributed by atoms with Crippen molar-refractivity contribution < 1.29 is 15.3 Å². The van der Waals surface area contributed by atoms with Gasteiger partial charge in [-0.2, -0.15) is 0 Å². The van der Waals surface area contributed by atoms with Crippen molar-refractivity contribution >= 4 is 11.6 Å². The van der Waals surface area contributed by atoms with Crippen molar-refractivity contribution in [2.45, 2.75) is 58.3 Å². The number of rotatable bonds is 2. The second-order valence-electron chi connectivity index (χ2n) is 8.76. The van der Waals surface area contributed by atoms with E-state index in [0.717, 1.165) is 11.1 Å². The van der Waals surface area contributed by atoms with Gasteiger partial charge in [-0.25, -0.2) is 0 Å². The third-order valence-electron chi connectivity index (χ3n) is 5.78. The molecule has 3 heteroatoms. The molecule has 0 bridgehead atoms. The minimum absolute atomic E-state index is 0.149. The van der Waals surface area contributed by atoms with Crippen LogP contribution in [0.3, 0.4) is 0 Å². The van der Waals surface area contributed by atoms with E-state index >= 15 is 0 Å². The van der Waals surface area contributed by atoms with E-state index in [1.165, 1.54) is 36.1 Å². The van der Waals surface area contributed by atoms with Crippen LogP contribution in [-0.4, -0.2) is 15.3 Å². The highest BCUT2D eigenvalue weighted by molar-refractivity contribution is 5.82. The summed E-state index contributed by atoms with van der Waals surface area (Å²) in [6.45, 7) is 11.3. The van der Waals surface area contributed by atoms with Crippen LogP contribution in [0.15, 0.2) is 30.3 Å². The van der Waals surface area contributed by atoms with E-state index in [-0.39, 0.29) is 22.3 Å². The lowest BCUT2D eigenvalue weighted by Crippen LogP contribution is -2.33. The molecule has 0 atom stereocenters. The third kappa shape index (κ3) is 3.18. The molecule has 0 fully saturated rings. The summed E-state index contributed by atoms with van der Waals surface area (Å²) in [6, 6.07) is 9.57. The van der Waals surface area contributed by atoms with Gasteiger partial charge in [-0.1, -0.05) is 52.0 Å². The Bertz CT molecular complexity index is 865. The fourth-order valence-corrected chi connectivity index (χ4v) is 3.88. The molecule has 1 aliphatic rings. The van der Waals surface area contributed by atoms with Gasteiger partial charge in [0.2, 0.25) is 0 Å². The van der Waals surface area contributed by atoms with E-state index in [4.69, 9.17) is 0 Å². The minimum Gasteiger partial charge on any atom is -0.504 e. The molecule has 0 unspecified atom stereocenters. The van der Waals surface area contributed by atoms with Gasteiger partial charge in [0, 0.05) is 0 Å². The van der Waals surface area contributed by atoms with Crippen molar-refractivity contribution in [1.29, 1.82) is 0 Å². The quantitative estimate of drug-likeness (QED) is 0.479. The molecule has 0 radical (unpaired) electrons. The number of benzene rings is 2. The molecular weight excluding hydrogens is 324 g/mol. The Morgan fingerprint density at radius 3 is 1.96 bits per heavy atom. The summed E-state index contributed by atoms with van der Waals surface area (Å²) in [4.78, 5) is 0. The Balaban J connectivity index is 2.05. The zero-order valence-electron chi connectivity index (χ0n) is 16.2. The van der Waals surface area contributed by atoms with Crippen molar-refractivity contribution in [3.8, 4) is 17.2 Å².